The van der Waals surface area contributed by atoms with Crippen LogP contribution in [0.25, 0.3) is 11.3 Å². The van der Waals surface area contributed by atoms with Crippen LogP contribution in [0.2, 0.25) is 0 Å². The fourth-order valence-electron chi connectivity index (χ4n) is 4.53. The van der Waals surface area contributed by atoms with E-state index in [1.54, 1.807) is 25.7 Å². The van der Waals surface area contributed by atoms with Crippen molar-refractivity contribution in [1.29, 1.82) is 0 Å². The van der Waals surface area contributed by atoms with Gasteiger partial charge < -0.3 is 25.4 Å². The summed E-state index contributed by atoms with van der Waals surface area (Å²) in [6, 6.07) is 8.14. The number of nitrogens with one attached hydrogen (secondary N) is 1. The summed E-state index contributed by atoms with van der Waals surface area (Å²) >= 11 is 0. The normalized spacial score (nSPS) is 17.8. The van der Waals surface area contributed by atoms with Crippen LogP contribution in [0.4, 0.5) is 17.2 Å². The van der Waals surface area contributed by atoms with Gasteiger partial charge in [0.25, 0.3) is 5.91 Å². The Bertz CT molecular complexity index is 1200. The number of aromatic nitrogens is 3. The van der Waals surface area contributed by atoms with Gasteiger partial charge in [0.2, 0.25) is 0 Å². The van der Waals surface area contributed by atoms with Gasteiger partial charge >= 0.3 is 0 Å². The molecule has 1 aliphatic carbocycles. The van der Waals surface area contributed by atoms with Crippen LogP contribution in [-0.4, -0.2) is 60.4 Å². The quantitative estimate of drug-likeness (QED) is 0.597. The maximum atomic E-state index is 13.2. The molecule has 3 N–H and O–H groups in total. The number of nitrogens with two attached hydrogens (primary N) is 1. The summed E-state index contributed by atoms with van der Waals surface area (Å²) in [7, 11) is 1.75. The van der Waals surface area contributed by atoms with E-state index in [9.17, 15) is 4.79 Å². The molecule has 1 saturated heterocycles. The van der Waals surface area contributed by atoms with Gasteiger partial charge in [-0.05, 0) is 42.5 Å². The molecule has 2 aromatic heterocycles. The molecule has 3 aromatic rings. The molecule has 9 heteroatoms. The summed E-state index contributed by atoms with van der Waals surface area (Å²) in [6.45, 7) is 2.77. The maximum Gasteiger partial charge on any atom is 0.278 e. The number of amides is 1. The number of methoxy groups -OCH3 is 1. The first kappa shape index (κ1) is 22.2. The lowest BCUT2D eigenvalue weighted by Crippen LogP contribution is -2.36. The van der Waals surface area contributed by atoms with E-state index < -0.39 is 5.91 Å². The summed E-state index contributed by atoms with van der Waals surface area (Å²) in [4.78, 5) is 28.4. The SMILES string of the molecule is COC1CCc2ccc(-c3cnc(N)c(C(=O)Nc4cnccc4N4CCOCC4)n3)cc2C1. The molecular formula is C25H28N6O3. The zero-order valence-electron chi connectivity index (χ0n) is 19.2. The number of rotatable bonds is 5. The van der Waals surface area contributed by atoms with Crippen LogP contribution in [0.3, 0.4) is 0 Å². The molecule has 1 fully saturated rings. The highest BCUT2D eigenvalue weighted by Gasteiger charge is 2.21. The first-order valence-electron chi connectivity index (χ1n) is 11.5. The van der Waals surface area contributed by atoms with Gasteiger partial charge in [-0.15, -0.1) is 0 Å². The second-order valence-electron chi connectivity index (χ2n) is 8.52. The number of aryl methyl sites for hydroxylation is 1. The van der Waals surface area contributed by atoms with Crippen molar-refractivity contribution in [3.8, 4) is 11.3 Å². The van der Waals surface area contributed by atoms with Crippen LogP contribution in [-0.2, 0) is 22.3 Å². The second-order valence-corrected chi connectivity index (χ2v) is 8.52. The van der Waals surface area contributed by atoms with Crippen LogP contribution >= 0.6 is 0 Å². The number of nitrogens with zero attached hydrogens (tertiary/aromatic N) is 4. The molecule has 0 saturated carbocycles. The molecule has 0 radical (unpaired) electrons. The van der Waals surface area contributed by atoms with E-state index in [1.165, 1.54) is 11.1 Å². The summed E-state index contributed by atoms with van der Waals surface area (Å²) in [5.74, 6) is -0.345. The molecule has 1 unspecified atom stereocenters. The van der Waals surface area contributed by atoms with Gasteiger partial charge in [-0.3, -0.25) is 9.78 Å². The van der Waals surface area contributed by atoms with E-state index in [0.29, 0.717) is 24.6 Å². The fourth-order valence-corrected chi connectivity index (χ4v) is 4.53. The second kappa shape index (κ2) is 9.74. The predicted molar refractivity (Wildman–Crippen MR) is 130 cm³/mol. The monoisotopic (exact) mass is 460 g/mol. The van der Waals surface area contributed by atoms with Gasteiger partial charge in [0.15, 0.2) is 11.5 Å². The molecule has 34 heavy (non-hydrogen) atoms. The van der Waals surface area contributed by atoms with Crippen molar-refractivity contribution in [3.05, 3.63) is 59.7 Å². The average molecular weight is 461 g/mol. The van der Waals surface area contributed by atoms with E-state index in [-0.39, 0.29) is 17.6 Å². The molecule has 9 nitrogen and oxygen atoms in total. The summed E-state index contributed by atoms with van der Waals surface area (Å²) in [5, 5.41) is 2.92. The number of benzene rings is 1. The van der Waals surface area contributed by atoms with Gasteiger partial charge in [-0.2, -0.15) is 0 Å². The Morgan fingerprint density at radius 3 is 2.88 bits per heavy atom. The molecular weight excluding hydrogens is 432 g/mol. The molecule has 5 rings (SSSR count). The third-order valence-corrected chi connectivity index (χ3v) is 6.43. The molecule has 1 aromatic carbocycles. The van der Waals surface area contributed by atoms with Crippen LogP contribution < -0.4 is 16.0 Å². The summed E-state index contributed by atoms with van der Waals surface area (Å²) in [6.07, 6.45) is 8.04. The maximum absolute atomic E-state index is 13.2. The third-order valence-electron chi connectivity index (χ3n) is 6.43. The van der Waals surface area contributed by atoms with E-state index >= 15 is 0 Å². The number of fused-ring (bicyclic) bond motifs is 1. The van der Waals surface area contributed by atoms with Gasteiger partial charge in [0, 0.05) is 32.0 Å². The van der Waals surface area contributed by atoms with Crippen molar-refractivity contribution >= 4 is 23.1 Å². The zero-order valence-corrected chi connectivity index (χ0v) is 19.2. The number of anilines is 3. The highest BCUT2D eigenvalue weighted by molar-refractivity contribution is 6.07. The fraction of sp³-hybridized carbons (Fsp3) is 0.360. The van der Waals surface area contributed by atoms with E-state index in [1.807, 2.05) is 12.1 Å². The minimum atomic E-state index is -0.424. The van der Waals surface area contributed by atoms with Crippen molar-refractivity contribution in [2.75, 3.05) is 49.4 Å². The topological polar surface area (TPSA) is 115 Å². The number of hydrogen-bond donors (Lipinski definition) is 2. The molecule has 0 bridgehead atoms. The number of carbonyl (C=O) groups is 1. The number of carbonyl (C=O) groups excluding carboxylic acids is 1. The van der Waals surface area contributed by atoms with Crippen LogP contribution in [0, 0.1) is 0 Å². The summed E-state index contributed by atoms with van der Waals surface area (Å²) in [5.41, 5.74) is 11.7. The third kappa shape index (κ3) is 4.57. The standard InChI is InChI=1S/C25H28N6O3/c1-33-19-5-4-16-2-3-17(12-18(16)13-19)20-15-28-24(26)23(29-20)25(32)30-21-14-27-7-6-22(21)31-8-10-34-11-9-31/h2-3,6-7,12,14-15,19H,4-5,8-11,13H2,1H3,(H2,26,28)(H,30,32). The van der Waals surface area contributed by atoms with Crippen LogP contribution in [0.15, 0.2) is 42.9 Å². The van der Waals surface area contributed by atoms with Gasteiger partial charge in [-0.25, -0.2) is 9.97 Å². The van der Waals surface area contributed by atoms with Crippen LogP contribution in [0.1, 0.15) is 28.0 Å². The van der Waals surface area contributed by atoms with E-state index in [4.69, 9.17) is 15.2 Å². The molecule has 1 atom stereocenters. The minimum Gasteiger partial charge on any atom is -0.382 e. The smallest absolute Gasteiger partial charge is 0.278 e. The van der Waals surface area contributed by atoms with Gasteiger partial charge in [0.05, 0.1) is 48.8 Å². The Hall–Kier alpha value is -3.56. The first-order valence-corrected chi connectivity index (χ1v) is 11.5. The Kier molecular flexibility index (Phi) is 6.37. The molecule has 1 aliphatic heterocycles. The molecule has 0 spiro atoms. The van der Waals surface area contributed by atoms with Crippen LogP contribution in [0.5, 0.6) is 0 Å². The summed E-state index contributed by atoms with van der Waals surface area (Å²) < 4.78 is 11.0. The van der Waals surface area contributed by atoms with E-state index in [2.05, 4.69) is 37.3 Å². The highest BCUT2D eigenvalue weighted by atomic mass is 16.5. The minimum absolute atomic E-state index is 0.0791. The van der Waals surface area contributed by atoms with Crippen molar-refractivity contribution in [3.63, 3.8) is 0 Å². The lowest BCUT2D eigenvalue weighted by molar-refractivity contribution is 0.0911. The van der Waals surface area contributed by atoms with Crippen molar-refractivity contribution in [1.82, 2.24) is 15.0 Å². The number of ether oxygens (including phenoxy) is 2. The van der Waals surface area contributed by atoms with Crippen molar-refractivity contribution in [2.45, 2.75) is 25.4 Å². The molecule has 3 heterocycles. The lowest BCUT2D eigenvalue weighted by Gasteiger charge is -2.30. The molecule has 2 aliphatic rings. The average Bonchev–Trinajstić information content (AvgIpc) is 2.89. The number of morpholine rings is 1. The van der Waals surface area contributed by atoms with Crippen molar-refractivity contribution < 1.29 is 14.3 Å². The lowest BCUT2D eigenvalue weighted by atomic mass is 9.88. The molecule has 1 amide bonds. The van der Waals surface area contributed by atoms with Gasteiger partial charge in [0.1, 0.15) is 0 Å². The number of pyridine rings is 1. The number of hydrogen-bond acceptors (Lipinski definition) is 8. The Morgan fingerprint density at radius 2 is 2.06 bits per heavy atom. The Balaban J connectivity index is 1.40. The largest absolute Gasteiger partial charge is 0.382 e. The predicted octanol–water partition coefficient (Wildman–Crippen LogP) is 2.71. The zero-order chi connectivity index (χ0) is 23.5. The van der Waals surface area contributed by atoms with E-state index in [0.717, 1.165) is 43.6 Å². The van der Waals surface area contributed by atoms with Crippen molar-refractivity contribution in [2.24, 2.45) is 0 Å². The Labute approximate surface area is 198 Å². The Morgan fingerprint density at radius 1 is 1.21 bits per heavy atom. The molecule has 176 valence electrons. The highest BCUT2D eigenvalue weighted by Crippen LogP contribution is 2.29. The van der Waals surface area contributed by atoms with Gasteiger partial charge in [-0.1, -0.05) is 12.1 Å². The number of nitrogen functional groups attached to an aromatic ring is 1. The first-order chi connectivity index (χ1) is 16.6.